The number of ether oxygens (including phenoxy) is 2. The van der Waals surface area contributed by atoms with Gasteiger partial charge >= 0.3 is 0 Å². The SMILES string of the molecule is c1ccc(CSCCN2CCC3(CC2)OCCO3)cc1. The Labute approximate surface area is 125 Å². The Morgan fingerprint density at radius 1 is 1.05 bits per heavy atom. The first-order valence-corrected chi connectivity index (χ1v) is 8.64. The molecule has 2 saturated heterocycles. The first-order chi connectivity index (χ1) is 9.86. The maximum atomic E-state index is 5.76. The van der Waals surface area contributed by atoms with Gasteiger partial charge in [0.2, 0.25) is 0 Å². The molecule has 0 atom stereocenters. The summed E-state index contributed by atoms with van der Waals surface area (Å²) in [6.07, 6.45) is 2.05. The molecule has 2 aliphatic heterocycles. The molecule has 0 N–H and O–H groups in total. The van der Waals surface area contributed by atoms with E-state index in [1.54, 1.807) is 0 Å². The van der Waals surface area contributed by atoms with Crippen LogP contribution in [0.3, 0.4) is 0 Å². The molecular weight excluding hydrogens is 270 g/mol. The zero-order chi connectivity index (χ0) is 13.7. The van der Waals surface area contributed by atoms with Gasteiger partial charge in [-0.05, 0) is 5.56 Å². The lowest BCUT2D eigenvalue weighted by atomic mass is 10.0. The minimum atomic E-state index is -0.228. The Morgan fingerprint density at radius 2 is 1.75 bits per heavy atom. The molecule has 4 heteroatoms. The van der Waals surface area contributed by atoms with Crippen LogP contribution in [0.15, 0.2) is 30.3 Å². The van der Waals surface area contributed by atoms with Gasteiger partial charge in [0.15, 0.2) is 5.79 Å². The lowest BCUT2D eigenvalue weighted by Gasteiger charge is -2.37. The number of hydrogen-bond acceptors (Lipinski definition) is 4. The summed E-state index contributed by atoms with van der Waals surface area (Å²) in [7, 11) is 0. The summed E-state index contributed by atoms with van der Waals surface area (Å²) in [5.74, 6) is 2.09. The van der Waals surface area contributed by atoms with Crippen molar-refractivity contribution in [2.45, 2.75) is 24.4 Å². The fourth-order valence-corrected chi connectivity index (χ4v) is 3.82. The molecule has 0 aliphatic carbocycles. The zero-order valence-electron chi connectivity index (χ0n) is 11.9. The maximum absolute atomic E-state index is 5.76. The van der Waals surface area contributed by atoms with Crippen LogP contribution in [0.1, 0.15) is 18.4 Å². The summed E-state index contributed by atoms with van der Waals surface area (Å²) in [4.78, 5) is 2.54. The van der Waals surface area contributed by atoms with Crippen LogP contribution in [0, 0.1) is 0 Å². The first kappa shape index (κ1) is 14.4. The maximum Gasteiger partial charge on any atom is 0.170 e. The minimum absolute atomic E-state index is 0.228. The van der Waals surface area contributed by atoms with Crippen LogP contribution in [0.5, 0.6) is 0 Å². The largest absolute Gasteiger partial charge is 0.347 e. The molecule has 1 aromatic rings. The van der Waals surface area contributed by atoms with Crippen molar-refractivity contribution in [2.24, 2.45) is 0 Å². The van der Waals surface area contributed by atoms with Crippen molar-refractivity contribution in [1.29, 1.82) is 0 Å². The van der Waals surface area contributed by atoms with E-state index < -0.39 is 0 Å². The van der Waals surface area contributed by atoms with Crippen molar-refractivity contribution in [1.82, 2.24) is 4.90 Å². The van der Waals surface area contributed by atoms with Gasteiger partial charge in [0.1, 0.15) is 0 Å². The van der Waals surface area contributed by atoms with Gasteiger partial charge in [-0.2, -0.15) is 11.8 Å². The molecule has 2 heterocycles. The van der Waals surface area contributed by atoms with Crippen LogP contribution >= 0.6 is 11.8 Å². The Kier molecular flexibility index (Phi) is 4.99. The molecule has 0 aromatic heterocycles. The van der Waals surface area contributed by atoms with Crippen molar-refractivity contribution < 1.29 is 9.47 Å². The van der Waals surface area contributed by atoms with Gasteiger partial charge in [-0.25, -0.2) is 0 Å². The van der Waals surface area contributed by atoms with E-state index in [4.69, 9.17) is 9.47 Å². The van der Waals surface area contributed by atoms with Crippen LogP contribution in [-0.4, -0.2) is 49.3 Å². The highest BCUT2D eigenvalue weighted by molar-refractivity contribution is 7.98. The number of piperidine rings is 1. The number of thioether (sulfide) groups is 1. The molecule has 110 valence electrons. The molecular formula is C16H23NO2S. The second kappa shape index (κ2) is 6.94. The molecule has 0 bridgehead atoms. The first-order valence-electron chi connectivity index (χ1n) is 7.48. The van der Waals surface area contributed by atoms with Gasteiger partial charge in [0.25, 0.3) is 0 Å². The number of hydrogen-bond donors (Lipinski definition) is 0. The van der Waals surface area contributed by atoms with Crippen molar-refractivity contribution in [3.8, 4) is 0 Å². The molecule has 1 aromatic carbocycles. The lowest BCUT2D eigenvalue weighted by molar-refractivity contribution is -0.184. The van der Waals surface area contributed by atoms with Crippen LogP contribution in [-0.2, 0) is 15.2 Å². The molecule has 0 radical (unpaired) electrons. The highest BCUT2D eigenvalue weighted by Crippen LogP contribution is 2.31. The van der Waals surface area contributed by atoms with Crippen molar-refractivity contribution >= 4 is 11.8 Å². The van der Waals surface area contributed by atoms with Gasteiger partial charge in [-0.15, -0.1) is 0 Å². The van der Waals surface area contributed by atoms with Crippen molar-refractivity contribution in [2.75, 3.05) is 38.6 Å². The third-order valence-corrected chi connectivity index (χ3v) is 5.10. The lowest BCUT2D eigenvalue weighted by Crippen LogP contribution is -2.45. The van der Waals surface area contributed by atoms with E-state index >= 15 is 0 Å². The highest BCUT2D eigenvalue weighted by atomic mass is 32.2. The summed E-state index contributed by atoms with van der Waals surface area (Å²) in [6, 6.07) is 10.7. The quantitative estimate of drug-likeness (QED) is 0.778. The summed E-state index contributed by atoms with van der Waals surface area (Å²) < 4.78 is 11.5. The number of likely N-dealkylation sites (tertiary alicyclic amines) is 1. The third-order valence-electron chi connectivity index (χ3n) is 4.09. The second-order valence-corrected chi connectivity index (χ2v) is 6.59. The topological polar surface area (TPSA) is 21.7 Å². The van der Waals surface area contributed by atoms with E-state index in [1.165, 1.54) is 17.9 Å². The molecule has 2 fully saturated rings. The summed E-state index contributed by atoms with van der Waals surface area (Å²) in [5.41, 5.74) is 1.42. The van der Waals surface area contributed by atoms with Gasteiger partial charge in [-0.1, -0.05) is 30.3 Å². The summed E-state index contributed by atoms with van der Waals surface area (Å²) in [6.45, 7) is 4.92. The Hall–Kier alpha value is -0.550. The van der Waals surface area contributed by atoms with E-state index in [-0.39, 0.29) is 5.79 Å². The zero-order valence-corrected chi connectivity index (χ0v) is 12.7. The van der Waals surface area contributed by atoms with Crippen LogP contribution < -0.4 is 0 Å². The average Bonchev–Trinajstić information content (AvgIpc) is 2.95. The Bertz CT molecular complexity index is 396. The van der Waals surface area contributed by atoms with E-state index in [0.717, 1.165) is 44.9 Å². The molecule has 3 nitrogen and oxygen atoms in total. The summed E-state index contributed by atoms with van der Waals surface area (Å²) in [5, 5.41) is 0. The summed E-state index contributed by atoms with van der Waals surface area (Å²) >= 11 is 2.02. The molecule has 1 spiro atoms. The standard InChI is InChI=1S/C16H23NO2S/c1-2-4-15(5-3-1)14-20-13-10-17-8-6-16(7-9-17)18-11-12-19-16/h1-5H,6-14H2. The van der Waals surface area contributed by atoms with Gasteiger partial charge < -0.3 is 14.4 Å². The molecule has 3 rings (SSSR count). The fourth-order valence-electron chi connectivity index (χ4n) is 2.86. The van der Waals surface area contributed by atoms with Crippen LogP contribution in [0.4, 0.5) is 0 Å². The van der Waals surface area contributed by atoms with E-state index in [9.17, 15) is 0 Å². The van der Waals surface area contributed by atoms with E-state index in [2.05, 4.69) is 35.2 Å². The number of benzene rings is 1. The fraction of sp³-hybridized carbons (Fsp3) is 0.625. The Morgan fingerprint density at radius 3 is 2.45 bits per heavy atom. The molecule has 20 heavy (non-hydrogen) atoms. The van der Waals surface area contributed by atoms with Crippen molar-refractivity contribution in [3.05, 3.63) is 35.9 Å². The second-order valence-electron chi connectivity index (χ2n) is 5.49. The average molecular weight is 293 g/mol. The normalized spacial score (nSPS) is 22.4. The minimum Gasteiger partial charge on any atom is -0.347 e. The number of rotatable bonds is 5. The van der Waals surface area contributed by atoms with E-state index in [1.807, 2.05) is 11.8 Å². The molecule has 0 unspecified atom stereocenters. The van der Waals surface area contributed by atoms with Crippen LogP contribution in [0.25, 0.3) is 0 Å². The monoisotopic (exact) mass is 293 g/mol. The van der Waals surface area contributed by atoms with Crippen LogP contribution in [0.2, 0.25) is 0 Å². The smallest absolute Gasteiger partial charge is 0.170 e. The predicted octanol–water partition coefficient (Wildman–Crippen LogP) is 2.76. The molecule has 2 aliphatic rings. The van der Waals surface area contributed by atoms with E-state index in [0.29, 0.717) is 0 Å². The van der Waals surface area contributed by atoms with Gasteiger partial charge in [-0.3, -0.25) is 0 Å². The Balaban J connectivity index is 1.32. The molecule has 0 amide bonds. The predicted molar refractivity (Wildman–Crippen MR) is 82.9 cm³/mol. The number of nitrogens with zero attached hydrogens (tertiary/aromatic N) is 1. The van der Waals surface area contributed by atoms with Gasteiger partial charge in [0, 0.05) is 44.0 Å². The highest BCUT2D eigenvalue weighted by Gasteiger charge is 2.39. The molecule has 0 saturated carbocycles. The van der Waals surface area contributed by atoms with Crippen molar-refractivity contribution in [3.63, 3.8) is 0 Å². The van der Waals surface area contributed by atoms with Gasteiger partial charge in [0.05, 0.1) is 13.2 Å². The third kappa shape index (κ3) is 3.76.